The summed E-state index contributed by atoms with van der Waals surface area (Å²) in [4.78, 5) is 25.5. The van der Waals surface area contributed by atoms with Crippen LogP contribution >= 0.6 is 0 Å². The maximum Gasteiger partial charge on any atom is 0.256 e. The van der Waals surface area contributed by atoms with E-state index in [1.807, 2.05) is 0 Å². The normalized spacial score (nSPS) is 17.6. The molecule has 0 aromatic heterocycles. The molecular formula is C13H15N3O4. The number of ether oxygens (including phenoxy) is 2. The van der Waals surface area contributed by atoms with Crippen LogP contribution in [0.4, 0.5) is 5.69 Å². The Hall–Kier alpha value is -2.44. The van der Waals surface area contributed by atoms with Crippen LogP contribution < -0.4 is 20.5 Å². The number of carbonyl (C=O) groups is 2. The molecule has 7 heteroatoms. The second-order valence-electron chi connectivity index (χ2n) is 4.72. The van der Waals surface area contributed by atoms with E-state index in [0.717, 1.165) is 6.42 Å². The number of nitrogens with zero attached hydrogens (tertiary/aromatic N) is 1. The Balaban J connectivity index is 1.88. The quantitative estimate of drug-likeness (QED) is 0.702. The molecule has 0 radical (unpaired) electrons. The fraction of sp³-hybridized carbons (Fsp3) is 0.385. The lowest BCUT2D eigenvalue weighted by Gasteiger charge is -2.20. The zero-order valence-electron chi connectivity index (χ0n) is 10.8. The van der Waals surface area contributed by atoms with Crippen molar-refractivity contribution in [3.05, 3.63) is 17.7 Å². The number of nitrogen functional groups attached to an aromatic ring is 1. The number of rotatable bonds is 1. The predicted molar refractivity (Wildman–Crippen MR) is 70.5 cm³/mol. The molecule has 1 fully saturated rings. The Morgan fingerprint density at radius 1 is 1.30 bits per heavy atom. The van der Waals surface area contributed by atoms with E-state index in [9.17, 15) is 9.59 Å². The Morgan fingerprint density at radius 2 is 2.05 bits per heavy atom. The minimum atomic E-state index is -0.266. The molecule has 3 rings (SSSR count). The van der Waals surface area contributed by atoms with E-state index >= 15 is 0 Å². The number of nitrogens with one attached hydrogen (secondary N) is 1. The molecule has 0 atom stereocenters. The molecule has 2 aliphatic heterocycles. The third-order valence-corrected chi connectivity index (χ3v) is 3.32. The molecule has 106 valence electrons. The van der Waals surface area contributed by atoms with Crippen molar-refractivity contribution >= 4 is 17.5 Å². The summed E-state index contributed by atoms with van der Waals surface area (Å²) in [5.74, 6) is 0.613. The summed E-state index contributed by atoms with van der Waals surface area (Å²) in [5.41, 5.74) is 6.55. The first-order valence-corrected chi connectivity index (χ1v) is 6.40. The van der Waals surface area contributed by atoms with E-state index in [-0.39, 0.29) is 25.2 Å². The molecule has 7 nitrogen and oxygen atoms in total. The smallest absolute Gasteiger partial charge is 0.256 e. The summed E-state index contributed by atoms with van der Waals surface area (Å²) in [6, 6.07) is 3.15. The van der Waals surface area contributed by atoms with Crippen LogP contribution in [0.5, 0.6) is 11.5 Å². The Labute approximate surface area is 115 Å². The minimum Gasteiger partial charge on any atom is -0.454 e. The summed E-state index contributed by atoms with van der Waals surface area (Å²) in [6.45, 7) is 1.27. The fourth-order valence-corrected chi connectivity index (χ4v) is 2.29. The van der Waals surface area contributed by atoms with E-state index in [2.05, 4.69) is 5.32 Å². The lowest BCUT2D eigenvalue weighted by molar-refractivity contribution is -0.121. The van der Waals surface area contributed by atoms with Crippen LogP contribution in [0, 0.1) is 0 Å². The molecule has 1 saturated heterocycles. The Morgan fingerprint density at radius 3 is 2.85 bits per heavy atom. The summed E-state index contributed by atoms with van der Waals surface area (Å²) in [5, 5.41) is 2.73. The van der Waals surface area contributed by atoms with Gasteiger partial charge in [0.05, 0.1) is 12.1 Å². The summed E-state index contributed by atoms with van der Waals surface area (Å²) in [7, 11) is 0. The fourth-order valence-electron chi connectivity index (χ4n) is 2.29. The summed E-state index contributed by atoms with van der Waals surface area (Å²) < 4.78 is 10.5. The SMILES string of the molecule is Nc1cc2c(cc1C(=O)N1CCCNC(=O)C1)OCO2. The number of anilines is 1. The highest BCUT2D eigenvalue weighted by atomic mass is 16.7. The van der Waals surface area contributed by atoms with Crippen molar-refractivity contribution in [3.63, 3.8) is 0 Å². The summed E-state index contributed by atoms with van der Waals surface area (Å²) >= 11 is 0. The topological polar surface area (TPSA) is 93.9 Å². The van der Waals surface area contributed by atoms with Crippen molar-refractivity contribution < 1.29 is 19.1 Å². The van der Waals surface area contributed by atoms with Gasteiger partial charge in [-0.25, -0.2) is 0 Å². The van der Waals surface area contributed by atoms with Crippen molar-refractivity contribution in [1.82, 2.24) is 10.2 Å². The van der Waals surface area contributed by atoms with Crippen molar-refractivity contribution in [2.24, 2.45) is 0 Å². The number of carbonyl (C=O) groups excluding carboxylic acids is 2. The molecule has 2 amide bonds. The van der Waals surface area contributed by atoms with Crippen LogP contribution in [0.15, 0.2) is 12.1 Å². The maximum absolute atomic E-state index is 12.5. The first kappa shape index (κ1) is 12.6. The summed E-state index contributed by atoms with van der Waals surface area (Å²) in [6.07, 6.45) is 0.724. The van der Waals surface area contributed by atoms with Gasteiger partial charge in [-0.05, 0) is 12.5 Å². The largest absolute Gasteiger partial charge is 0.454 e. The number of hydrogen-bond donors (Lipinski definition) is 2. The molecule has 0 saturated carbocycles. The Bertz CT molecular complexity index is 573. The first-order valence-electron chi connectivity index (χ1n) is 6.40. The van der Waals surface area contributed by atoms with Gasteiger partial charge >= 0.3 is 0 Å². The molecule has 2 heterocycles. The molecule has 2 aliphatic rings. The maximum atomic E-state index is 12.5. The third kappa shape index (κ3) is 2.22. The molecular weight excluding hydrogens is 262 g/mol. The van der Waals surface area contributed by atoms with E-state index in [0.29, 0.717) is 35.8 Å². The van der Waals surface area contributed by atoms with Crippen LogP contribution in [-0.4, -0.2) is 43.1 Å². The van der Waals surface area contributed by atoms with Gasteiger partial charge in [0.1, 0.15) is 0 Å². The van der Waals surface area contributed by atoms with Gasteiger partial charge in [0, 0.05) is 24.8 Å². The second kappa shape index (κ2) is 4.92. The zero-order valence-corrected chi connectivity index (χ0v) is 10.8. The van der Waals surface area contributed by atoms with Crippen molar-refractivity contribution in [1.29, 1.82) is 0 Å². The molecule has 0 bridgehead atoms. The molecule has 1 aromatic rings. The average Bonchev–Trinajstić information content (AvgIpc) is 2.76. The van der Waals surface area contributed by atoms with Gasteiger partial charge in [-0.3, -0.25) is 9.59 Å². The number of fused-ring (bicyclic) bond motifs is 1. The molecule has 1 aromatic carbocycles. The van der Waals surface area contributed by atoms with E-state index < -0.39 is 0 Å². The lowest BCUT2D eigenvalue weighted by atomic mass is 10.1. The van der Waals surface area contributed by atoms with Gasteiger partial charge in [0.2, 0.25) is 12.7 Å². The van der Waals surface area contributed by atoms with Gasteiger partial charge in [-0.1, -0.05) is 0 Å². The van der Waals surface area contributed by atoms with E-state index in [1.165, 1.54) is 4.90 Å². The van der Waals surface area contributed by atoms with Crippen LogP contribution in [0.2, 0.25) is 0 Å². The monoisotopic (exact) mass is 277 g/mol. The number of benzene rings is 1. The molecule has 20 heavy (non-hydrogen) atoms. The predicted octanol–water partition coefficient (Wildman–Crippen LogP) is -0.0404. The van der Waals surface area contributed by atoms with Crippen LogP contribution in [0.3, 0.4) is 0 Å². The highest BCUT2D eigenvalue weighted by Gasteiger charge is 2.25. The number of nitrogens with two attached hydrogens (primary N) is 1. The standard InChI is InChI=1S/C13H15N3O4/c14-9-5-11-10(19-7-20-11)4-8(9)13(18)16-3-1-2-15-12(17)6-16/h4-5H,1-3,6-7,14H2,(H,15,17). The van der Waals surface area contributed by atoms with Crippen LogP contribution in [0.1, 0.15) is 16.8 Å². The third-order valence-electron chi connectivity index (χ3n) is 3.32. The van der Waals surface area contributed by atoms with E-state index in [4.69, 9.17) is 15.2 Å². The number of hydrogen-bond acceptors (Lipinski definition) is 5. The molecule has 0 spiro atoms. The lowest BCUT2D eigenvalue weighted by Crippen LogP contribution is -2.37. The van der Waals surface area contributed by atoms with Crippen molar-refractivity contribution in [2.75, 3.05) is 32.2 Å². The van der Waals surface area contributed by atoms with Gasteiger partial charge in [-0.15, -0.1) is 0 Å². The van der Waals surface area contributed by atoms with E-state index in [1.54, 1.807) is 12.1 Å². The van der Waals surface area contributed by atoms with Gasteiger partial charge in [0.25, 0.3) is 5.91 Å². The van der Waals surface area contributed by atoms with Crippen molar-refractivity contribution in [3.8, 4) is 11.5 Å². The average molecular weight is 277 g/mol. The van der Waals surface area contributed by atoms with Gasteiger partial charge in [0.15, 0.2) is 11.5 Å². The Kier molecular flexibility index (Phi) is 3.09. The van der Waals surface area contributed by atoms with Gasteiger partial charge in [-0.2, -0.15) is 0 Å². The highest BCUT2D eigenvalue weighted by molar-refractivity contribution is 6.01. The first-order chi connectivity index (χ1) is 9.65. The second-order valence-corrected chi connectivity index (χ2v) is 4.72. The zero-order chi connectivity index (χ0) is 14.1. The minimum absolute atomic E-state index is 0.0483. The molecule has 0 unspecified atom stereocenters. The van der Waals surface area contributed by atoms with Crippen LogP contribution in [-0.2, 0) is 4.79 Å². The molecule has 3 N–H and O–H groups in total. The van der Waals surface area contributed by atoms with Gasteiger partial charge < -0.3 is 25.4 Å². The van der Waals surface area contributed by atoms with Crippen LogP contribution in [0.25, 0.3) is 0 Å². The number of amides is 2. The molecule has 0 aliphatic carbocycles. The highest BCUT2D eigenvalue weighted by Crippen LogP contribution is 2.36. The van der Waals surface area contributed by atoms with Crippen molar-refractivity contribution in [2.45, 2.75) is 6.42 Å².